The van der Waals surface area contributed by atoms with Gasteiger partial charge in [0.05, 0.1) is 78.9 Å². The Labute approximate surface area is 343 Å². The number of nitrogens with one attached hydrogen (secondary N) is 11. The van der Waals surface area contributed by atoms with Gasteiger partial charge in [-0.2, -0.15) is 0 Å². The second kappa shape index (κ2) is 29.6. The molecule has 20 N–H and O–H groups in total. The highest BCUT2D eigenvalue weighted by Crippen LogP contribution is 1.90. The molecule has 0 unspecified atom stereocenters. The summed E-state index contributed by atoms with van der Waals surface area (Å²) in [6, 6.07) is -9.82. The monoisotopic (exact) mass is 882 g/mol. The van der Waals surface area contributed by atoms with Crippen LogP contribution in [0.1, 0.15) is 0 Å². The molecule has 0 aliphatic carbocycles. The van der Waals surface area contributed by atoms with Crippen molar-refractivity contribution in [3.63, 3.8) is 0 Å². The van der Waals surface area contributed by atoms with Gasteiger partial charge in [0.25, 0.3) is 0 Å². The lowest BCUT2D eigenvalue weighted by atomic mass is 10.2. The van der Waals surface area contributed by atoms with Crippen LogP contribution in [-0.4, -0.2) is 222 Å². The Morgan fingerprint density at radius 1 is 0.328 bits per heavy atom. The van der Waals surface area contributed by atoms with Crippen LogP contribution >= 0.6 is 0 Å². The molecule has 344 valence electrons. The number of hydrogen-bond acceptors (Lipinski definition) is 19. The van der Waals surface area contributed by atoms with Crippen LogP contribution in [-0.2, 0) is 57.5 Å². The number of carboxylic acids is 1. The summed E-state index contributed by atoms with van der Waals surface area (Å²) in [5.41, 5.74) is 5.11. The molecule has 0 bridgehead atoms. The van der Waals surface area contributed by atoms with Crippen molar-refractivity contribution in [2.45, 2.75) is 36.3 Å². The van der Waals surface area contributed by atoms with Gasteiger partial charge in [-0.1, -0.05) is 0 Å². The number of hydrogen-bond donors (Lipinski definition) is 19. The summed E-state index contributed by atoms with van der Waals surface area (Å²) in [5.74, 6) is -13.1. The fraction of sp³-hybridized carbons (Fsp3) is 0.600. The van der Waals surface area contributed by atoms with Gasteiger partial charge in [0.1, 0.15) is 36.3 Å². The van der Waals surface area contributed by atoms with Crippen molar-refractivity contribution >= 4 is 70.9 Å². The third-order valence-electron chi connectivity index (χ3n) is 7.29. The first-order chi connectivity index (χ1) is 28.8. The van der Waals surface area contributed by atoms with Crippen LogP contribution in [0.15, 0.2) is 0 Å². The first-order valence-electron chi connectivity index (χ1n) is 17.5. The zero-order valence-electron chi connectivity index (χ0n) is 32.1. The molecule has 0 rings (SSSR count). The van der Waals surface area contributed by atoms with Crippen molar-refractivity contribution in [1.82, 2.24) is 58.5 Å². The zero-order valence-corrected chi connectivity index (χ0v) is 32.1. The van der Waals surface area contributed by atoms with E-state index in [1.54, 1.807) is 0 Å². The summed E-state index contributed by atoms with van der Waals surface area (Å²) >= 11 is 0. The minimum atomic E-state index is -1.71. The maximum Gasteiger partial charge on any atom is 0.328 e. The summed E-state index contributed by atoms with van der Waals surface area (Å²) in [7, 11) is 0. The van der Waals surface area contributed by atoms with Crippen LogP contribution in [0.25, 0.3) is 0 Å². The Balaban J connectivity index is 4.84. The van der Waals surface area contributed by atoms with E-state index < -0.39 is 186 Å². The first kappa shape index (κ1) is 54.4. The van der Waals surface area contributed by atoms with Gasteiger partial charge < -0.3 is 100.0 Å². The maximum absolute atomic E-state index is 12.5. The lowest BCUT2D eigenvalue weighted by Gasteiger charge is -2.20. The highest BCUT2D eigenvalue weighted by Gasteiger charge is 2.27. The molecule has 6 atom stereocenters. The number of aliphatic hydroxyl groups excluding tert-OH is 6. The predicted octanol–water partition coefficient (Wildman–Crippen LogP) is -14.5. The Kier molecular flexibility index (Phi) is 26.3. The van der Waals surface area contributed by atoms with E-state index in [0.29, 0.717) is 0 Å². The van der Waals surface area contributed by atoms with Crippen molar-refractivity contribution in [3.05, 3.63) is 0 Å². The number of nitrogens with two attached hydrogens (primary N) is 1. The van der Waals surface area contributed by atoms with E-state index in [9.17, 15) is 83.1 Å². The Hall–Kier alpha value is -6.64. The fourth-order valence-electron chi connectivity index (χ4n) is 4.09. The van der Waals surface area contributed by atoms with E-state index in [1.807, 2.05) is 47.9 Å². The largest absolute Gasteiger partial charge is 0.480 e. The van der Waals surface area contributed by atoms with Gasteiger partial charge in [-0.05, 0) is 0 Å². The molecule has 0 aliphatic heterocycles. The molecule has 0 heterocycles. The maximum atomic E-state index is 12.5. The summed E-state index contributed by atoms with van der Waals surface area (Å²) < 4.78 is 0. The lowest BCUT2D eigenvalue weighted by molar-refractivity contribution is -0.143. The van der Waals surface area contributed by atoms with Crippen LogP contribution in [0.4, 0.5) is 0 Å². The van der Waals surface area contributed by atoms with E-state index >= 15 is 0 Å². The lowest BCUT2D eigenvalue weighted by Crippen LogP contribution is -2.56. The Morgan fingerprint density at radius 3 is 0.672 bits per heavy atom. The van der Waals surface area contributed by atoms with Gasteiger partial charge in [-0.25, -0.2) is 4.79 Å². The van der Waals surface area contributed by atoms with Crippen molar-refractivity contribution in [3.8, 4) is 0 Å². The normalized spacial score (nSPS) is 13.4. The predicted molar refractivity (Wildman–Crippen MR) is 196 cm³/mol. The molecule has 0 aromatic rings. The van der Waals surface area contributed by atoms with Crippen LogP contribution in [0.5, 0.6) is 0 Å². The van der Waals surface area contributed by atoms with E-state index in [4.69, 9.17) is 15.9 Å². The molecular formula is C30H50N12O19. The van der Waals surface area contributed by atoms with Gasteiger partial charge in [-0.15, -0.1) is 0 Å². The highest BCUT2D eigenvalue weighted by atomic mass is 16.4. The van der Waals surface area contributed by atoms with Crippen LogP contribution in [0, 0.1) is 0 Å². The number of aliphatic hydroxyl groups is 6. The first-order valence-corrected chi connectivity index (χ1v) is 17.5. The smallest absolute Gasteiger partial charge is 0.328 e. The van der Waals surface area contributed by atoms with E-state index in [1.165, 1.54) is 0 Å². The molecule has 0 spiro atoms. The molecule has 31 heteroatoms. The molecule has 0 fully saturated rings. The number of carbonyl (C=O) groups excluding carboxylic acids is 11. The summed E-state index contributed by atoms with van der Waals surface area (Å²) in [5, 5.41) is 87.3. The molecule has 0 aliphatic rings. The van der Waals surface area contributed by atoms with Gasteiger partial charge in [0, 0.05) is 0 Å². The van der Waals surface area contributed by atoms with Gasteiger partial charge >= 0.3 is 5.97 Å². The Bertz CT molecular complexity index is 1580. The highest BCUT2D eigenvalue weighted by molar-refractivity contribution is 5.97. The quantitative estimate of drug-likeness (QED) is 0.0332. The molecule has 31 nitrogen and oxygen atoms in total. The molecule has 0 aromatic carbocycles. The van der Waals surface area contributed by atoms with E-state index in [0.717, 1.165) is 0 Å². The van der Waals surface area contributed by atoms with E-state index in [2.05, 4.69) is 10.6 Å². The minimum absolute atomic E-state index is 0.486. The zero-order chi connectivity index (χ0) is 46.7. The summed E-state index contributed by atoms with van der Waals surface area (Å²) in [6.07, 6.45) is 0. The topological polar surface area (TPSA) is 505 Å². The van der Waals surface area contributed by atoms with Gasteiger partial charge in [0.15, 0.2) is 0 Å². The third kappa shape index (κ3) is 21.8. The van der Waals surface area contributed by atoms with E-state index in [-0.39, 0.29) is 0 Å². The fourth-order valence-corrected chi connectivity index (χ4v) is 4.09. The molecule has 0 saturated heterocycles. The molecule has 0 aromatic heterocycles. The molecule has 0 radical (unpaired) electrons. The number of rotatable bonds is 29. The number of carboxylic acid groups (broad SMARTS) is 1. The van der Waals surface area contributed by atoms with Crippen molar-refractivity contribution in [2.24, 2.45) is 5.73 Å². The second-order valence-corrected chi connectivity index (χ2v) is 11.9. The molecule has 11 amide bonds. The van der Waals surface area contributed by atoms with Gasteiger partial charge in [-0.3, -0.25) is 52.7 Å². The molecule has 61 heavy (non-hydrogen) atoms. The van der Waals surface area contributed by atoms with Crippen molar-refractivity contribution in [2.75, 3.05) is 78.9 Å². The van der Waals surface area contributed by atoms with Gasteiger partial charge in [0.2, 0.25) is 65.0 Å². The minimum Gasteiger partial charge on any atom is -0.480 e. The summed E-state index contributed by atoms with van der Waals surface area (Å²) in [4.78, 5) is 145. The summed E-state index contributed by atoms with van der Waals surface area (Å²) in [6.45, 7) is -10.5. The third-order valence-corrected chi connectivity index (χ3v) is 7.29. The number of amides is 11. The molecular weight excluding hydrogens is 832 g/mol. The average Bonchev–Trinajstić information content (AvgIpc) is 3.24. The number of aliphatic carboxylic acids is 1. The Morgan fingerprint density at radius 2 is 0.508 bits per heavy atom. The SMILES string of the molecule is NCC(=O)N[C@@H](CO)C(=O)NCC(=O)N[C@@H](CO)C(=O)NCC(=O)N[C@@H](CO)C(=O)NCC(=O)N[C@@H](CO)C(=O)NCC(=O)N[C@@H](CO)C(=O)NCC(=O)N[C@@H](CO)C(=O)O. The van der Waals surface area contributed by atoms with Crippen molar-refractivity contribution in [1.29, 1.82) is 0 Å². The van der Waals surface area contributed by atoms with Crippen LogP contribution in [0.3, 0.4) is 0 Å². The van der Waals surface area contributed by atoms with Crippen molar-refractivity contribution < 1.29 is 93.3 Å². The van der Waals surface area contributed by atoms with Crippen LogP contribution in [0.2, 0.25) is 0 Å². The molecule has 0 saturated carbocycles. The standard InChI is InChI=1S/C30H50N12O19/c31-1-19(49)37-13(7-43)25(55)32-2-20(50)38-14(8-44)26(56)33-3-21(51)39-15(9-45)27(57)34-4-22(52)40-16(10-46)28(58)35-5-23(53)41-17(11-47)29(59)36-6-24(54)42-18(12-48)30(60)61/h13-18,43-48H,1-12,31H2,(H,32,55)(H,33,56)(H,34,57)(H,35,58)(H,36,59)(H,37,49)(H,38,50)(H,39,51)(H,40,52)(H,41,53)(H,42,54)(H,60,61)/t13-,14-,15-,16-,17-,18-/m0/s1. The number of carbonyl (C=O) groups is 12. The second-order valence-electron chi connectivity index (χ2n) is 11.9. The average molecular weight is 883 g/mol. The van der Waals surface area contributed by atoms with Crippen LogP contribution < -0.4 is 64.2 Å².